The highest BCUT2D eigenvalue weighted by Gasteiger charge is 2.25. The minimum Gasteiger partial charge on any atom is -0.459 e. The van der Waals surface area contributed by atoms with E-state index in [0.29, 0.717) is 25.5 Å². The number of ether oxygens (including phenoxy) is 1. The van der Waals surface area contributed by atoms with Gasteiger partial charge in [-0.1, -0.05) is 0 Å². The lowest BCUT2D eigenvalue weighted by atomic mass is 10.1. The number of aryl methyl sites for hydroxylation is 2. The van der Waals surface area contributed by atoms with Gasteiger partial charge in [0.15, 0.2) is 11.7 Å². The topological polar surface area (TPSA) is 96.9 Å². The van der Waals surface area contributed by atoms with Gasteiger partial charge in [0.05, 0.1) is 25.6 Å². The largest absolute Gasteiger partial charge is 0.459 e. The van der Waals surface area contributed by atoms with Crippen LogP contribution >= 0.6 is 0 Å². The lowest BCUT2D eigenvalue weighted by Crippen LogP contribution is -2.48. The summed E-state index contributed by atoms with van der Waals surface area (Å²) in [7, 11) is 3.68. The van der Waals surface area contributed by atoms with Crippen LogP contribution in [-0.2, 0) is 11.8 Å². The number of carbonyl (C=O) groups is 1. The van der Waals surface area contributed by atoms with E-state index >= 15 is 0 Å². The van der Waals surface area contributed by atoms with Crippen LogP contribution in [0.4, 0.5) is 0 Å². The van der Waals surface area contributed by atoms with E-state index in [-0.39, 0.29) is 12.0 Å². The maximum Gasteiger partial charge on any atom is 0.287 e. The molecule has 1 aliphatic rings. The zero-order chi connectivity index (χ0) is 19.9. The van der Waals surface area contributed by atoms with Crippen LogP contribution in [0.15, 0.2) is 34.1 Å². The molecule has 2 N–H and O–H groups in total. The molecule has 0 aromatic carbocycles. The smallest absolute Gasteiger partial charge is 0.287 e. The summed E-state index contributed by atoms with van der Waals surface area (Å²) in [5, 5.41) is 10.5. The second-order valence-corrected chi connectivity index (χ2v) is 6.77. The number of rotatable bonds is 6. The summed E-state index contributed by atoms with van der Waals surface area (Å²) in [6, 6.07) is 1.78. The van der Waals surface area contributed by atoms with Crippen molar-refractivity contribution in [2.24, 2.45) is 12.0 Å². The second-order valence-electron chi connectivity index (χ2n) is 6.77. The molecule has 1 fully saturated rings. The first-order valence-electron chi connectivity index (χ1n) is 9.46. The van der Waals surface area contributed by atoms with Crippen LogP contribution in [0, 0.1) is 6.92 Å². The average molecular weight is 388 g/mol. The molecule has 1 amide bonds. The fourth-order valence-electron chi connectivity index (χ4n) is 3.16. The number of hydrogen-bond donors (Lipinski definition) is 2. The zero-order valence-corrected chi connectivity index (χ0v) is 16.6. The number of morpholine rings is 1. The van der Waals surface area contributed by atoms with Gasteiger partial charge in [-0.15, -0.1) is 0 Å². The molecular formula is C19H28N6O3. The van der Waals surface area contributed by atoms with E-state index in [0.717, 1.165) is 36.6 Å². The lowest BCUT2D eigenvalue weighted by molar-refractivity contribution is -0.00801. The van der Waals surface area contributed by atoms with Gasteiger partial charge in [-0.2, -0.15) is 5.10 Å². The molecule has 3 heterocycles. The van der Waals surface area contributed by atoms with E-state index in [2.05, 4.69) is 25.6 Å². The van der Waals surface area contributed by atoms with E-state index in [1.54, 1.807) is 17.8 Å². The Morgan fingerprint density at radius 1 is 1.39 bits per heavy atom. The van der Waals surface area contributed by atoms with Gasteiger partial charge in [0.2, 0.25) is 0 Å². The number of guanidine groups is 1. The van der Waals surface area contributed by atoms with Crippen molar-refractivity contribution < 1.29 is 13.9 Å². The summed E-state index contributed by atoms with van der Waals surface area (Å²) in [4.78, 5) is 18.6. The Balaban J connectivity index is 1.41. The Labute approximate surface area is 164 Å². The maximum atomic E-state index is 12.0. The molecule has 1 saturated heterocycles. The first-order valence-corrected chi connectivity index (χ1v) is 9.46. The molecule has 9 nitrogen and oxygen atoms in total. The summed E-state index contributed by atoms with van der Waals surface area (Å²) in [5.74, 6) is 1.03. The maximum absolute atomic E-state index is 12.0. The number of aliphatic imine (C=N–C) groups is 1. The van der Waals surface area contributed by atoms with E-state index in [1.807, 2.05) is 26.4 Å². The normalized spacial score (nSPS) is 17.6. The number of amides is 1. The Morgan fingerprint density at radius 3 is 2.89 bits per heavy atom. The summed E-state index contributed by atoms with van der Waals surface area (Å²) in [6.07, 6.45) is 6.11. The van der Waals surface area contributed by atoms with Crippen molar-refractivity contribution in [3.63, 3.8) is 0 Å². The van der Waals surface area contributed by atoms with Crippen LogP contribution in [0.3, 0.4) is 0 Å². The molecule has 0 bridgehead atoms. The molecular weight excluding hydrogens is 360 g/mol. The van der Waals surface area contributed by atoms with E-state index in [4.69, 9.17) is 9.15 Å². The number of aromatic nitrogens is 2. The van der Waals surface area contributed by atoms with E-state index in [9.17, 15) is 4.79 Å². The van der Waals surface area contributed by atoms with Crippen LogP contribution in [0.25, 0.3) is 0 Å². The van der Waals surface area contributed by atoms with Crippen LogP contribution < -0.4 is 10.6 Å². The highest BCUT2D eigenvalue weighted by atomic mass is 16.5. The molecule has 2 aromatic rings. The van der Waals surface area contributed by atoms with Crippen molar-refractivity contribution in [1.82, 2.24) is 25.3 Å². The Kier molecular flexibility index (Phi) is 6.70. The van der Waals surface area contributed by atoms with Crippen molar-refractivity contribution in [3.05, 3.63) is 41.6 Å². The highest BCUT2D eigenvalue weighted by Crippen LogP contribution is 2.21. The predicted octanol–water partition coefficient (Wildman–Crippen LogP) is 1.09. The van der Waals surface area contributed by atoms with Crippen molar-refractivity contribution in [2.75, 3.05) is 39.8 Å². The second kappa shape index (κ2) is 9.41. The first-order chi connectivity index (χ1) is 13.6. The van der Waals surface area contributed by atoms with Gasteiger partial charge in [-0.3, -0.25) is 14.5 Å². The van der Waals surface area contributed by atoms with E-state index in [1.165, 1.54) is 6.26 Å². The summed E-state index contributed by atoms with van der Waals surface area (Å²) >= 11 is 0. The van der Waals surface area contributed by atoms with Crippen molar-refractivity contribution in [2.45, 2.75) is 19.4 Å². The highest BCUT2D eigenvalue weighted by molar-refractivity contribution is 5.92. The molecule has 1 aliphatic heterocycles. The zero-order valence-electron chi connectivity index (χ0n) is 16.6. The third-order valence-electron chi connectivity index (χ3n) is 4.66. The quantitative estimate of drug-likeness (QED) is 0.437. The minimum absolute atomic E-state index is 0.0168. The molecule has 9 heteroatoms. The molecule has 28 heavy (non-hydrogen) atoms. The van der Waals surface area contributed by atoms with Gasteiger partial charge >= 0.3 is 0 Å². The third-order valence-corrected chi connectivity index (χ3v) is 4.66. The fourth-order valence-corrected chi connectivity index (χ4v) is 3.16. The summed E-state index contributed by atoms with van der Waals surface area (Å²) in [6.45, 7) is 5.26. The molecule has 152 valence electrons. The molecule has 0 saturated carbocycles. The van der Waals surface area contributed by atoms with Gasteiger partial charge in [-0.05, 0) is 19.4 Å². The van der Waals surface area contributed by atoms with Crippen molar-refractivity contribution >= 4 is 11.9 Å². The molecule has 0 aliphatic carbocycles. The van der Waals surface area contributed by atoms with Gasteiger partial charge in [0, 0.05) is 51.1 Å². The van der Waals surface area contributed by atoms with Gasteiger partial charge < -0.3 is 24.7 Å². The minimum atomic E-state index is -0.181. The molecule has 1 unspecified atom stereocenters. The molecule has 0 radical (unpaired) electrons. The standard InChI is InChI=1S/C19H28N6O3/c1-14-5-9-28-17(14)18(26)21-6-4-7-22-19(20-2)25-8-10-27-16(13-25)15-11-23-24(3)12-15/h5,9,11-12,16H,4,6-8,10,13H2,1-3H3,(H,20,22)(H,21,26). The van der Waals surface area contributed by atoms with Crippen LogP contribution in [0.1, 0.15) is 34.2 Å². The van der Waals surface area contributed by atoms with Gasteiger partial charge in [-0.25, -0.2) is 0 Å². The first kappa shape index (κ1) is 19.9. The fraction of sp³-hybridized carbons (Fsp3) is 0.526. The van der Waals surface area contributed by atoms with E-state index < -0.39 is 0 Å². The summed E-state index contributed by atoms with van der Waals surface area (Å²) in [5.41, 5.74) is 1.91. The number of hydrogen-bond acceptors (Lipinski definition) is 5. The Morgan fingerprint density at radius 2 is 2.21 bits per heavy atom. The number of nitrogens with zero attached hydrogens (tertiary/aromatic N) is 4. The summed E-state index contributed by atoms with van der Waals surface area (Å²) < 4.78 is 12.9. The Hall–Kier alpha value is -2.81. The number of nitrogens with one attached hydrogen (secondary N) is 2. The Bertz CT molecular complexity index is 812. The molecule has 1 atom stereocenters. The average Bonchev–Trinajstić information content (AvgIpc) is 3.33. The molecule has 3 rings (SSSR count). The number of carbonyl (C=O) groups excluding carboxylic acids is 1. The predicted molar refractivity (Wildman–Crippen MR) is 105 cm³/mol. The monoisotopic (exact) mass is 388 g/mol. The van der Waals surface area contributed by atoms with Crippen LogP contribution in [-0.4, -0.2) is 66.4 Å². The number of furan rings is 1. The van der Waals surface area contributed by atoms with Gasteiger partial charge in [0.1, 0.15) is 6.10 Å². The van der Waals surface area contributed by atoms with Crippen molar-refractivity contribution in [3.8, 4) is 0 Å². The molecule has 2 aromatic heterocycles. The molecule has 0 spiro atoms. The lowest BCUT2D eigenvalue weighted by Gasteiger charge is -2.34. The van der Waals surface area contributed by atoms with Crippen LogP contribution in [0.2, 0.25) is 0 Å². The van der Waals surface area contributed by atoms with Crippen molar-refractivity contribution in [1.29, 1.82) is 0 Å². The third kappa shape index (κ3) is 4.92. The SMILES string of the molecule is CN=C(NCCCNC(=O)c1occc1C)N1CCOC(c2cnn(C)c2)C1. The van der Waals surface area contributed by atoms with Gasteiger partial charge in [0.25, 0.3) is 5.91 Å². The van der Waals surface area contributed by atoms with Crippen LogP contribution in [0.5, 0.6) is 0 Å².